The summed E-state index contributed by atoms with van der Waals surface area (Å²) in [4.78, 5) is 13.6. The summed E-state index contributed by atoms with van der Waals surface area (Å²) in [5, 5.41) is 11.9. The number of halogens is 1. The van der Waals surface area contributed by atoms with Crippen molar-refractivity contribution in [2.45, 2.75) is 31.8 Å². The van der Waals surface area contributed by atoms with Crippen molar-refractivity contribution < 1.29 is 9.18 Å². The van der Waals surface area contributed by atoms with Gasteiger partial charge >= 0.3 is 0 Å². The molecule has 0 aromatic heterocycles. The van der Waals surface area contributed by atoms with Crippen LogP contribution >= 0.6 is 0 Å². The molecule has 1 aromatic carbocycles. The van der Waals surface area contributed by atoms with Crippen molar-refractivity contribution in [3.05, 3.63) is 35.1 Å². The normalized spacial score (nSPS) is 25.8. The molecule has 2 heterocycles. The number of fused-ring (bicyclic) bond motifs is 1. The zero-order valence-electron chi connectivity index (χ0n) is 11.8. The van der Waals surface area contributed by atoms with E-state index in [1.807, 2.05) is 6.07 Å². The number of amides is 1. The minimum Gasteiger partial charge on any atom is -0.353 e. The van der Waals surface area contributed by atoms with Gasteiger partial charge in [0.2, 0.25) is 5.91 Å². The number of rotatable bonds is 2. The van der Waals surface area contributed by atoms with Gasteiger partial charge in [-0.15, -0.1) is 0 Å². The van der Waals surface area contributed by atoms with Crippen molar-refractivity contribution in [2.24, 2.45) is 5.92 Å². The fraction of sp³-hybridized carbons (Fsp3) is 0.500. The molecule has 2 fully saturated rings. The summed E-state index contributed by atoms with van der Waals surface area (Å²) >= 11 is 0. The molecule has 1 amide bonds. The fourth-order valence-corrected chi connectivity index (χ4v) is 3.36. The van der Waals surface area contributed by atoms with E-state index in [-0.39, 0.29) is 17.5 Å². The molecule has 0 bridgehead atoms. The van der Waals surface area contributed by atoms with Crippen LogP contribution in [0.25, 0.3) is 0 Å². The topological polar surface area (TPSA) is 56.1 Å². The van der Waals surface area contributed by atoms with Gasteiger partial charge in [-0.2, -0.15) is 5.26 Å². The van der Waals surface area contributed by atoms with Crippen molar-refractivity contribution in [3.63, 3.8) is 0 Å². The number of piperidine rings is 2. The van der Waals surface area contributed by atoms with Gasteiger partial charge in [-0.1, -0.05) is 12.1 Å². The van der Waals surface area contributed by atoms with Crippen molar-refractivity contribution >= 4 is 5.91 Å². The summed E-state index contributed by atoms with van der Waals surface area (Å²) in [5.41, 5.74) is 0.680. The van der Waals surface area contributed by atoms with E-state index in [4.69, 9.17) is 5.26 Å². The number of hydrogen-bond donors (Lipinski definition) is 1. The minimum absolute atomic E-state index is 0.104. The lowest BCUT2D eigenvalue weighted by atomic mass is 9.85. The van der Waals surface area contributed by atoms with E-state index in [1.165, 1.54) is 6.07 Å². The Morgan fingerprint density at radius 2 is 2.29 bits per heavy atom. The number of nitriles is 1. The minimum atomic E-state index is -0.404. The molecule has 2 unspecified atom stereocenters. The van der Waals surface area contributed by atoms with E-state index in [9.17, 15) is 9.18 Å². The Kier molecular flexibility index (Phi) is 3.89. The lowest BCUT2D eigenvalue weighted by molar-refractivity contribution is -0.125. The summed E-state index contributed by atoms with van der Waals surface area (Å²) in [7, 11) is 0. The number of benzene rings is 1. The highest BCUT2D eigenvalue weighted by Gasteiger charge is 2.33. The lowest BCUT2D eigenvalue weighted by Gasteiger charge is -2.41. The predicted molar refractivity (Wildman–Crippen MR) is 75.7 cm³/mol. The molecule has 0 spiro atoms. The largest absolute Gasteiger partial charge is 0.353 e. The monoisotopic (exact) mass is 287 g/mol. The molecule has 2 atom stereocenters. The van der Waals surface area contributed by atoms with Gasteiger partial charge in [0.25, 0.3) is 0 Å². The van der Waals surface area contributed by atoms with Gasteiger partial charge < -0.3 is 5.32 Å². The van der Waals surface area contributed by atoms with Crippen LogP contribution < -0.4 is 5.32 Å². The number of hydrogen-bond acceptors (Lipinski definition) is 3. The van der Waals surface area contributed by atoms with Crippen LogP contribution in [0.4, 0.5) is 4.39 Å². The maximum atomic E-state index is 14.1. The molecule has 2 saturated heterocycles. The SMILES string of the molecule is N#Cc1cccc(CN2CCC3NC(=O)CCC3C2)c1F. The van der Waals surface area contributed by atoms with Crippen LogP contribution in [-0.2, 0) is 11.3 Å². The third-order valence-electron chi connectivity index (χ3n) is 4.50. The van der Waals surface area contributed by atoms with Gasteiger partial charge in [0, 0.05) is 37.7 Å². The Morgan fingerprint density at radius 3 is 3.10 bits per heavy atom. The number of nitrogens with zero attached hydrogens (tertiary/aromatic N) is 2. The second-order valence-corrected chi connectivity index (χ2v) is 5.89. The highest BCUT2D eigenvalue weighted by atomic mass is 19.1. The van der Waals surface area contributed by atoms with E-state index >= 15 is 0 Å². The van der Waals surface area contributed by atoms with Crippen molar-refractivity contribution in [2.75, 3.05) is 13.1 Å². The molecule has 0 saturated carbocycles. The molecular weight excluding hydrogens is 269 g/mol. The van der Waals surface area contributed by atoms with Gasteiger partial charge in [-0.25, -0.2) is 4.39 Å². The first-order valence-electron chi connectivity index (χ1n) is 7.36. The molecule has 2 aliphatic heterocycles. The van der Waals surface area contributed by atoms with Crippen LogP contribution in [0.1, 0.15) is 30.4 Å². The van der Waals surface area contributed by atoms with Crippen molar-refractivity contribution in [1.29, 1.82) is 5.26 Å². The fourth-order valence-electron chi connectivity index (χ4n) is 3.36. The Labute approximate surface area is 123 Å². The first-order chi connectivity index (χ1) is 10.2. The zero-order chi connectivity index (χ0) is 14.8. The summed E-state index contributed by atoms with van der Waals surface area (Å²) in [6.45, 7) is 2.25. The molecule has 1 aromatic rings. The average Bonchev–Trinajstić information content (AvgIpc) is 2.49. The maximum absolute atomic E-state index is 14.1. The third kappa shape index (κ3) is 2.91. The van der Waals surface area contributed by atoms with Crippen LogP contribution in [-0.4, -0.2) is 29.9 Å². The van der Waals surface area contributed by atoms with Gasteiger partial charge in [0.15, 0.2) is 0 Å². The second-order valence-electron chi connectivity index (χ2n) is 5.89. The number of carbonyl (C=O) groups is 1. The molecule has 110 valence electrons. The molecule has 21 heavy (non-hydrogen) atoms. The maximum Gasteiger partial charge on any atom is 0.220 e. The van der Waals surface area contributed by atoms with Crippen LogP contribution in [0.5, 0.6) is 0 Å². The van der Waals surface area contributed by atoms with E-state index in [0.29, 0.717) is 24.4 Å². The first kappa shape index (κ1) is 14.0. The number of carbonyl (C=O) groups excluding carboxylic acids is 1. The molecule has 1 N–H and O–H groups in total. The average molecular weight is 287 g/mol. The third-order valence-corrected chi connectivity index (χ3v) is 4.50. The molecule has 0 radical (unpaired) electrons. The van der Waals surface area contributed by atoms with Gasteiger partial charge in [0.05, 0.1) is 5.56 Å². The summed E-state index contributed by atoms with van der Waals surface area (Å²) in [6, 6.07) is 7.13. The van der Waals surface area contributed by atoms with Gasteiger partial charge in [-0.3, -0.25) is 9.69 Å². The number of nitrogens with one attached hydrogen (secondary N) is 1. The Hall–Kier alpha value is -1.93. The molecule has 3 rings (SSSR count). The quantitative estimate of drug-likeness (QED) is 0.902. The smallest absolute Gasteiger partial charge is 0.220 e. The van der Waals surface area contributed by atoms with E-state index in [1.54, 1.807) is 12.1 Å². The molecule has 4 nitrogen and oxygen atoms in total. The summed E-state index contributed by atoms with van der Waals surface area (Å²) in [5.74, 6) is 0.204. The Balaban J connectivity index is 1.67. The Bertz CT molecular complexity index is 596. The van der Waals surface area contributed by atoms with Gasteiger partial charge in [0.1, 0.15) is 11.9 Å². The summed E-state index contributed by atoms with van der Waals surface area (Å²) in [6.07, 6.45) is 2.41. The van der Waals surface area contributed by atoms with E-state index < -0.39 is 5.82 Å². The van der Waals surface area contributed by atoms with Crippen LogP contribution in [0.15, 0.2) is 18.2 Å². The lowest BCUT2D eigenvalue weighted by Crippen LogP contribution is -2.53. The van der Waals surface area contributed by atoms with Crippen LogP contribution in [0.3, 0.4) is 0 Å². The van der Waals surface area contributed by atoms with E-state index in [0.717, 1.165) is 25.9 Å². The van der Waals surface area contributed by atoms with Crippen molar-refractivity contribution in [3.8, 4) is 6.07 Å². The van der Waals surface area contributed by atoms with Gasteiger partial charge in [-0.05, 0) is 24.8 Å². The predicted octanol–water partition coefficient (Wildman–Crippen LogP) is 1.80. The van der Waals surface area contributed by atoms with E-state index in [2.05, 4.69) is 10.2 Å². The highest BCUT2D eigenvalue weighted by molar-refractivity contribution is 5.77. The number of likely N-dealkylation sites (tertiary alicyclic amines) is 1. The molecule has 5 heteroatoms. The molecular formula is C16H18FN3O. The van der Waals surface area contributed by atoms with Crippen molar-refractivity contribution in [1.82, 2.24) is 10.2 Å². The van der Waals surface area contributed by atoms with Crippen LogP contribution in [0, 0.1) is 23.1 Å². The zero-order valence-corrected chi connectivity index (χ0v) is 11.8. The standard InChI is InChI=1S/C16H18FN3O/c17-16-11(8-18)2-1-3-13(16)10-20-7-6-14-12(9-20)4-5-15(21)19-14/h1-3,12,14H,4-7,9-10H2,(H,19,21). The Morgan fingerprint density at radius 1 is 1.43 bits per heavy atom. The first-order valence-corrected chi connectivity index (χ1v) is 7.36. The highest BCUT2D eigenvalue weighted by Crippen LogP contribution is 2.26. The molecule has 0 aliphatic carbocycles. The molecule has 2 aliphatic rings. The summed E-state index contributed by atoms with van der Waals surface area (Å²) < 4.78 is 14.1. The van der Waals surface area contributed by atoms with Crippen LogP contribution in [0.2, 0.25) is 0 Å². The second kappa shape index (κ2) is 5.82.